The molecule has 18 heavy (non-hydrogen) atoms. The van der Waals surface area contributed by atoms with Crippen molar-refractivity contribution in [3.8, 4) is 17.6 Å². The quantitative estimate of drug-likeness (QED) is 0.744. The van der Waals surface area contributed by atoms with Gasteiger partial charge in [0.1, 0.15) is 11.5 Å². The van der Waals surface area contributed by atoms with Crippen LogP contribution in [-0.2, 0) is 0 Å². The predicted octanol–water partition coefficient (Wildman–Crippen LogP) is 3.77. The number of nitrogens with zero attached hydrogens (tertiary/aromatic N) is 1. The molecule has 3 heteroatoms. The third kappa shape index (κ3) is 5.09. The van der Waals surface area contributed by atoms with Gasteiger partial charge in [0.05, 0.1) is 25.3 Å². The summed E-state index contributed by atoms with van der Waals surface area (Å²) in [4.78, 5) is 0. The first kappa shape index (κ1) is 14.4. The summed E-state index contributed by atoms with van der Waals surface area (Å²) < 4.78 is 10.8. The second-order valence-electron chi connectivity index (χ2n) is 5.52. The van der Waals surface area contributed by atoms with Crippen molar-refractivity contribution < 1.29 is 9.47 Å². The molecule has 0 spiro atoms. The van der Waals surface area contributed by atoms with E-state index < -0.39 is 0 Å². The maximum Gasteiger partial charge on any atom is 0.124 e. The molecule has 0 aromatic heterocycles. The van der Waals surface area contributed by atoms with Gasteiger partial charge in [-0.2, -0.15) is 5.26 Å². The molecular formula is C15H21NO2. The lowest BCUT2D eigenvalue weighted by Gasteiger charge is -2.17. The average Bonchev–Trinajstić information content (AvgIpc) is 2.33. The maximum absolute atomic E-state index is 8.90. The molecule has 0 atom stereocenters. The van der Waals surface area contributed by atoms with Gasteiger partial charge in [0.25, 0.3) is 0 Å². The molecule has 0 bridgehead atoms. The predicted molar refractivity (Wildman–Crippen MR) is 71.9 cm³/mol. The number of ether oxygens (including phenoxy) is 2. The highest BCUT2D eigenvalue weighted by Gasteiger charge is 2.09. The van der Waals surface area contributed by atoms with Gasteiger partial charge in [-0.15, -0.1) is 0 Å². The van der Waals surface area contributed by atoms with Crippen LogP contribution in [0.2, 0.25) is 0 Å². The van der Waals surface area contributed by atoms with Gasteiger partial charge in [-0.3, -0.25) is 0 Å². The summed E-state index contributed by atoms with van der Waals surface area (Å²) in [6, 6.07) is 7.33. The Labute approximate surface area is 109 Å². The van der Waals surface area contributed by atoms with Gasteiger partial charge in [0.2, 0.25) is 0 Å². The van der Waals surface area contributed by atoms with Crippen molar-refractivity contribution in [1.82, 2.24) is 0 Å². The van der Waals surface area contributed by atoms with E-state index in [-0.39, 0.29) is 0 Å². The van der Waals surface area contributed by atoms with E-state index >= 15 is 0 Å². The first-order chi connectivity index (χ1) is 8.44. The first-order valence-electron chi connectivity index (χ1n) is 6.16. The van der Waals surface area contributed by atoms with Gasteiger partial charge in [-0.1, -0.05) is 20.8 Å². The van der Waals surface area contributed by atoms with Crippen molar-refractivity contribution in [3.05, 3.63) is 23.8 Å². The first-order valence-corrected chi connectivity index (χ1v) is 6.16. The van der Waals surface area contributed by atoms with Crippen molar-refractivity contribution in [2.24, 2.45) is 5.41 Å². The van der Waals surface area contributed by atoms with Crippen LogP contribution >= 0.6 is 0 Å². The van der Waals surface area contributed by atoms with Gasteiger partial charge in [-0.25, -0.2) is 0 Å². The lowest BCUT2D eigenvalue weighted by Crippen LogP contribution is -2.08. The van der Waals surface area contributed by atoms with E-state index in [0.29, 0.717) is 29.1 Å². The molecule has 0 aliphatic carbocycles. The second kappa shape index (κ2) is 6.30. The SMILES string of the molecule is COc1cc(C#N)cc(OCCCC(C)(C)C)c1. The van der Waals surface area contributed by atoms with Gasteiger partial charge in [0.15, 0.2) is 0 Å². The lowest BCUT2D eigenvalue weighted by atomic mass is 9.91. The molecule has 0 aliphatic heterocycles. The van der Waals surface area contributed by atoms with Crippen LogP contribution in [0, 0.1) is 16.7 Å². The Bertz CT molecular complexity index is 427. The second-order valence-corrected chi connectivity index (χ2v) is 5.52. The Morgan fingerprint density at radius 1 is 1.17 bits per heavy atom. The zero-order chi connectivity index (χ0) is 13.6. The fourth-order valence-electron chi connectivity index (χ4n) is 1.63. The summed E-state index contributed by atoms with van der Waals surface area (Å²) in [7, 11) is 1.58. The van der Waals surface area contributed by atoms with Crippen LogP contribution in [0.15, 0.2) is 18.2 Å². The highest BCUT2D eigenvalue weighted by molar-refractivity contribution is 5.43. The molecule has 0 amide bonds. The van der Waals surface area contributed by atoms with Crippen LogP contribution in [0.1, 0.15) is 39.2 Å². The lowest BCUT2D eigenvalue weighted by molar-refractivity contribution is 0.268. The van der Waals surface area contributed by atoms with E-state index in [4.69, 9.17) is 14.7 Å². The minimum atomic E-state index is 0.329. The Balaban J connectivity index is 2.54. The number of hydrogen-bond acceptors (Lipinski definition) is 3. The molecule has 98 valence electrons. The van der Waals surface area contributed by atoms with Crippen LogP contribution in [0.5, 0.6) is 11.5 Å². The maximum atomic E-state index is 8.90. The molecule has 0 unspecified atom stereocenters. The minimum absolute atomic E-state index is 0.329. The summed E-state index contributed by atoms with van der Waals surface area (Å²) in [6.45, 7) is 7.31. The van der Waals surface area contributed by atoms with Gasteiger partial charge in [0, 0.05) is 6.07 Å². The van der Waals surface area contributed by atoms with Crippen LogP contribution in [0.3, 0.4) is 0 Å². The minimum Gasteiger partial charge on any atom is -0.497 e. The van der Waals surface area contributed by atoms with E-state index in [1.54, 1.807) is 25.3 Å². The zero-order valence-electron chi connectivity index (χ0n) is 11.6. The average molecular weight is 247 g/mol. The Kier molecular flexibility index (Phi) is 5.03. The molecule has 0 aliphatic rings. The van der Waals surface area contributed by atoms with Crippen molar-refractivity contribution in [2.45, 2.75) is 33.6 Å². The third-order valence-electron chi connectivity index (χ3n) is 2.58. The molecular weight excluding hydrogens is 226 g/mol. The summed E-state index contributed by atoms with van der Waals surface area (Å²) >= 11 is 0. The van der Waals surface area contributed by atoms with E-state index in [1.807, 2.05) is 0 Å². The largest absolute Gasteiger partial charge is 0.497 e. The molecule has 0 saturated heterocycles. The van der Waals surface area contributed by atoms with Crippen LogP contribution in [-0.4, -0.2) is 13.7 Å². The van der Waals surface area contributed by atoms with E-state index in [9.17, 15) is 0 Å². The summed E-state index contributed by atoms with van der Waals surface area (Å²) in [5.74, 6) is 1.35. The highest BCUT2D eigenvalue weighted by atomic mass is 16.5. The van der Waals surface area contributed by atoms with E-state index in [2.05, 4.69) is 26.8 Å². The summed E-state index contributed by atoms with van der Waals surface area (Å²) in [5, 5.41) is 8.90. The zero-order valence-corrected chi connectivity index (χ0v) is 11.6. The van der Waals surface area contributed by atoms with Crippen molar-refractivity contribution in [3.63, 3.8) is 0 Å². The molecule has 0 fully saturated rings. The summed E-state index contributed by atoms with van der Waals surface area (Å²) in [5.41, 5.74) is 0.885. The fraction of sp³-hybridized carbons (Fsp3) is 0.533. The van der Waals surface area contributed by atoms with Crippen LogP contribution in [0.25, 0.3) is 0 Å². The number of rotatable bonds is 5. The summed E-state index contributed by atoms with van der Waals surface area (Å²) in [6.07, 6.45) is 2.12. The molecule has 1 aromatic carbocycles. The third-order valence-corrected chi connectivity index (χ3v) is 2.58. The normalized spacial score (nSPS) is 10.8. The number of hydrogen-bond donors (Lipinski definition) is 0. The standard InChI is InChI=1S/C15H21NO2/c1-15(2,3)6-5-7-18-14-9-12(11-16)8-13(10-14)17-4/h8-10H,5-7H2,1-4H3. The molecule has 0 N–H and O–H groups in total. The number of methoxy groups -OCH3 is 1. The molecule has 1 aromatic rings. The van der Waals surface area contributed by atoms with Crippen molar-refractivity contribution in [2.75, 3.05) is 13.7 Å². The van der Waals surface area contributed by atoms with E-state index in [0.717, 1.165) is 12.8 Å². The molecule has 0 heterocycles. The molecule has 0 radical (unpaired) electrons. The topological polar surface area (TPSA) is 42.2 Å². The van der Waals surface area contributed by atoms with E-state index in [1.165, 1.54) is 0 Å². The Hall–Kier alpha value is -1.69. The molecule has 3 nitrogen and oxygen atoms in total. The number of benzene rings is 1. The van der Waals surface area contributed by atoms with Crippen molar-refractivity contribution in [1.29, 1.82) is 5.26 Å². The smallest absolute Gasteiger partial charge is 0.124 e. The Morgan fingerprint density at radius 2 is 1.83 bits per heavy atom. The number of nitriles is 1. The van der Waals surface area contributed by atoms with Gasteiger partial charge in [-0.05, 0) is 30.4 Å². The van der Waals surface area contributed by atoms with Crippen LogP contribution < -0.4 is 9.47 Å². The molecule has 1 rings (SSSR count). The molecule has 0 saturated carbocycles. The van der Waals surface area contributed by atoms with Crippen molar-refractivity contribution >= 4 is 0 Å². The highest BCUT2D eigenvalue weighted by Crippen LogP contribution is 2.24. The fourth-order valence-corrected chi connectivity index (χ4v) is 1.63. The van der Waals surface area contributed by atoms with Gasteiger partial charge < -0.3 is 9.47 Å². The van der Waals surface area contributed by atoms with Crippen LogP contribution in [0.4, 0.5) is 0 Å². The Morgan fingerprint density at radius 3 is 2.39 bits per heavy atom. The monoisotopic (exact) mass is 247 g/mol. The van der Waals surface area contributed by atoms with Gasteiger partial charge >= 0.3 is 0 Å².